The topological polar surface area (TPSA) is 67.6 Å². The molecule has 0 saturated heterocycles. The molecule has 0 saturated carbocycles. The van der Waals surface area contributed by atoms with Crippen molar-refractivity contribution in [2.75, 3.05) is 5.73 Å². The third-order valence-electron chi connectivity index (χ3n) is 2.50. The van der Waals surface area contributed by atoms with E-state index in [0.717, 1.165) is 22.2 Å². The quantitative estimate of drug-likeness (QED) is 0.647. The van der Waals surface area contributed by atoms with Crippen LogP contribution in [0.3, 0.4) is 0 Å². The normalized spacial score (nSPS) is 10.8. The van der Waals surface area contributed by atoms with Gasteiger partial charge in [-0.1, -0.05) is 18.2 Å². The lowest BCUT2D eigenvalue weighted by Gasteiger charge is -2.00. The van der Waals surface area contributed by atoms with Gasteiger partial charge in [0.2, 0.25) is 0 Å². The number of rotatable bonds is 1. The van der Waals surface area contributed by atoms with E-state index in [1.807, 2.05) is 36.5 Å². The number of hydrogen-bond acceptors (Lipinski definition) is 3. The Balaban J connectivity index is 2.31. The Morgan fingerprint density at radius 3 is 2.88 bits per heavy atom. The third kappa shape index (κ3) is 1.32. The first-order valence-corrected chi connectivity index (χ1v) is 4.99. The van der Waals surface area contributed by atoms with Crippen LogP contribution in [0.2, 0.25) is 0 Å². The average Bonchev–Trinajstić information content (AvgIpc) is 2.70. The number of imidazole rings is 1. The number of aromatic amines is 1. The molecule has 0 amide bonds. The summed E-state index contributed by atoms with van der Waals surface area (Å²) in [6.07, 6.45) is 3.57. The maximum atomic E-state index is 5.66. The smallest absolute Gasteiger partial charge is 0.198 e. The molecule has 0 aliphatic rings. The van der Waals surface area contributed by atoms with Crippen LogP contribution in [-0.2, 0) is 0 Å². The van der Waals surface area contributed by atoms with E-state index < -0.39 is 0 Å². The average molecular weight is 210 g/mol. The summed E-state index contributed by atoms with van der Waals surface area (Å²) in [4.78, 5) is 11.4. The molecule has 0 radical (unpaired) electrons. The highest BCUT2D eigenvalue weighted by molar-refractivity contribution is 5.92. The number of benzene rings is 1. The highest BCUT2D eigenvalue weighted by Crippen LogP contribution is 2.26. The van der Waals surface area contributed by atoms with Crippen molar-refractivity contribution in [3.05, 3.63) is 42.7 Å². The van der Waals surface area contributed by atoms with Gasteiger partial charge in [0.25, 0.3) is 0 Å². The summed E-state index contributed by atoms with van der Waals surface area (Å²) in [7, 11) is 0. The van der Waals surface area contributed by atoms with Crippen LogP contribution in [0.4, 0.5) is 5.95 Å². The second-order valence-corrected chi connectivity index (χ2v) is 3.57. The maximum absolute atomic E-state index is 5.66. The number of anilines is 1. The Morgan fingerprint density at radius 1 is 1.12 bits per heavy atom. The lowest BCUT2D eigenvalue weighted by Crippen LogP contribution is -1.85. The van der Waals surface area contributed by atoms with Gasteiger partial charge in [0.05, 0.1) is 11.0 Å². The van der Waals surface area contributed by atoms with Crippen molar-refractivity contribution in [3.8, 4) is 11.1 Å². The standard InChI is InChI=1S/C12H10N4/c13-12-15-10-5-1-4-9(11(10)16-12)8-3-2-6-14-7-8/h1-7H,(H3,13,15,16). The molecule has 3 aromatic rings. The Hall–Kier alpha value is -2.36. The molecular weight excluding hydrogens is 200 g/mol. The molecule has 2 heterocycles. The van der Waals surface area contributed by atoms with Crippen molar-refractivity contribution in [1.82, 2.24) is 15.0 Å². The van der Waals surface area contributed by atoms with Crippen molar-refractivity contribution in [2.24, 2.45) is 0 Å². The molecule has 1 aromatic carbocycles. The van der Waals surface area contributed by atoms with Gasteiger partial charge < -0.3 is 10.7 Å². The number of nitrogen functional groups attached to an aromatic ring is 1. The summed E-state index contributed by atoms with van der Waals surface area (Å²) in [6, 6.07) is 9.86. The number of nitrogens with two attached hydrogens (primary N) is 1. The van der Waals surface area contributed by atoms with Gasteiger partial charge >= 0.3 is 0 Å². The van der Waals surface area contributed by atoms with Crippen LogP contribution >= 0.6 is 0 Å². The molecule has 3 rings (SSSR count). The molecular formula is C12H10N4. The fraction of sp³-hybridized carbons (Fsp3) is 0. The predicted molar refractivity (Wildman–Crippen MR) is 63.7 cm³/mol. The molecule has 2 aromatic heterocycles. The highest BCUT2D eigenvalue weighted by atomic mass is 15.0. The number of H-pyrrole nitrogens is 1. The van der Waals surface area contributed by atoms with Crippen LogP contribution in [0.5, 0.6) is 0 Å². The van der Waals surface area contributed by atoms with E-state index in [1.54, 1.807) is 6.20 Å². The second-order valence-electron chi connectivity index (χ2n) is 3.57. The number of aromatic nitrogens is 3. The van der Waals surface area contributed by atoms with E-state index in [1.165, 1.54) is 0 Å². The number of nitrogens with zero attached hydrogens (tertiary/aromatic N) is 2. The lowest BCUT2D eigenvalue weighted by molar-refractivity contribution is 1.33. The molecule has 0 aliphatic carbocycles. The van der Waals surface area contributed by atoms with Crippen LogP contribution in [0, 0.1) is 0 Å². The summed E-state index contributed by atoms with van der Waals surface area (Å²) in [6.45, 7) is 0. The van der Waals surface area contributed by atoms with E-state index in [0.29, 0.717) is 5.95 Å². The van der Waals surface area contributed by atoms with Crippen molar-refractivity contribution >= 4 is 17.0 Å². The maximum Gasteiger partial charge on any atom is 0.198 e. The Morgan fingerprint density at radius 2 is 2.06 bits per heavy atom. The molecule has 0 unspecified atom stereocenters. The summed E-state index contributed by atoms with van der Waals surface area (Å²) < 4.78 is 0. The third-order valence-corrected chi connectivity index (χ3v) is 2.50. The molecule has 4 heteroatoms. The zero-order chi connectivity index (χ0) is 11.0. The van der Waals surface area contributed by atoms with E-state index in [9.17, 15) is 0 Å². The van der Waals surface area contributed by atoms with Gasteiger partial charge in [0, 0.05) is 23.5 Å². The molecule has 4 nitrogen and oxygen atoms in total. The van der Waals surface area contributed by atoms with Gasteiger partial charge in [-0.2, -0.15) is 0 Å². The van der Waals surface area contributed by atoms with Crippen LogP contribution < -0.4 is 5.73 Å². The molecule has 0 bridgehead atoms. The van der Waals surface area contributed by atoms with Crippen molar-refractivity contribution in [1.29, 1.82) is 0 Å². The molecule has 0 aliphatic heterocycles. The van der Waals surface area contributed by atoms with Gasteiger partial charge in [-0.05, 0) is 12.1 Å². The van der Waals surface area contributed by atoms with E-state index in [-0.39, 0.29) is 0 Å². The minimum Gasteiger partial charge on any atom is -0.369 e. The molecule has 16 heavy (non-hydrogen) atoms. The fourth-order valence-corrected chi connectivity index (χ4v) is 1.81. The number of nitrogens with one attached hydrogen (secondary N) is 1. The van der Waals surface area contributed by atoms with Crippen molar-refractivity contribution in [3.63, 3.8) is 0 Å². The zero-order valence-corrected chi connectivity index (χ0v) is 8.51. The van der Waals surface area contributed by atoms with E-state index >= 15 is 0 Å². The minimum atomic E-state index is 0.436. The summed E-state index contributed by atoms with van der Waals surface area (Å²) in [5, 5.41) is 0. The van der Waals surface area contributed by atoms with Crippen LogP contribution in [-0.4, -0.2) is 15.0 Å². The summed E-state index contributed by atoms with van der Waals surface area (Å²) in [5.74, 6) is 0.436. The number of hydrogen-bond donors (Lipinski definition) is 2. The SMILES string of the molecule is Nc1nc2c(-c3cccnc3)cccc2[nH]1. The number of fused-ring (bicyclic) bond motifs is 1. The Labute approximate surface area is 92.2 Å². The van der Waals surface area contributed by atoms with Crippen molar-refractivity contribution in [2.45, 2.75) is 0 Å². The van der Waals surface area contributed by atoms with Crippen LogP contribution in [0.25, 0.3) is 22.2 Å². The molecule has 3 N–H and O–H groups in total. The predicted octanol–water partition coefficient (Wildman–Crippen LogP) is 2.21. The van der Waals surface area contributed by atoms with Crippen LogP contribution in [0.1, 0.15) is 0 Å². The number of para-hydroxylation sites is 1. The van der Waals surface area contributed by atoms with Gasteiger partial charge in [0.15, 0.2) is 5.95 Å². The first-order valence-electron chi connectivity index (χ1n) is 4.99. The summed E-state index contributed by atoms with van der Waals surface area (Å²) >= 11 is 0. The largest absolute Gasteiger partial charge is 0.369 e. The van der Waals surface area contributed by atoms with Crippen LogP contribution in [0.15, 0.2) is 42.7 Å². The Bertz CT molecular complexity index is 628. The second kappa shape index (κ2) is 3.34. The molecule has 0 spiro atoms. The monoisotopic (exact) mass is 210 g/mol. The van der Waals surface area contributed by atoms with Gasteiger partial charge in [-0.25, -0.2) is 4.98 Å². The molecule has 0 fully saturated rings. The first-order chi connectivity index (χ1) is 7.84. The zero-order valence-electron chi connectivity index (χ0n) is 8.51. The molecule has 78 valence electrons. The van der Waals surface area contributed by atoms with Crippen molar-refractivity contribution < 1.29 is 0 Å². The molecule has 0 atom stereocenters. The highest BCUT2D eigenvalue weighted by Gasteiger charge is 2.06. The number of pyridine rings is 1. The van der Waals surface area contributed by atoms with Gasteiger partial charge in [0.1, 0.15) is 0 Å². The van der Waals surface area contributed by atoms with Gasteiger partial charge in [-0.15, -0.1) is 0 Å². The summed E-state index contributed by atoms with van der Waals surface area (Å²) in [5.41, 5.74) is 9.56. The minimum absolute atomic E-state index is 0.436. The first kappa shape index (κ1) is 8.91. The fourth-order valence-electron chi connectivity index (χ4n) is 1.81. The van der Waals surface area contributed by atoms with E-state index in [2.05, 4.69) is 15.0 Å². The Kier molecular flexibility index (Phi) is 1.86. The lowest BCUT2D eigenvalue weighted by atomic mass is 10.1. The van der Waals surface area contributed by atoms with E-state index in [4.69, 9.17) is 5.73 Å². The van der Waals surface area contributed by atoms with Gasteiger partial charge in [-0.3, -0.25) is 4.98 Å².